The molecule has 0 amide bonds. The lowest BCUT2D eigenvalue weighted by Gasteiger charge is -2.08. The van der Waals surface area contributed by atoms with Crippen molar-refractivity contribution in [2.75, 3.05) is 7.11 Å². The molecule has 19 heavy (non-hydrogen) atoms. The van der Waals surface area contributed by atoms with Crippen LogP contribution in [0.1, 0.15) is 15.9 Å². The zero-order valence-electron chi connectivity index (χ0n) is 10.9. The number of rotatable bonds is 1. The topological polar surface area (TPSA) is 26.3 Å². The van der Waals surface area contributed by atoms with Gasteiger partial charge in [0.05, 0.1) is 12.7 Å². The van der Waals surface area contributed by atoms with Crippen molar-refractivity contribution >= 4 is 27.5 Å². The van der Waals surface area contributed by atoms with Crippen molar-refractivity contribution in [1.82, 2.24) is 0 Å². The fourth-order valence-electron chi connectivity index (χ4n) is 2.48. The fraction of sp³-hybridized carbons (Fsp3) is 0.118. The quantitative estimate of drug-likeness (QED) is 0.480. The van der Waals surface area contributed by atoms with E-state index in [1.54, 1.807) is 0 Å². The summed E-state index contributed by atoms with van der Waals surface area (Å²) in [5.41, 5.74) is 1.69. The molecule has 94 valence electrons. The highest BCUT2D eigenvalue weighted by molar-refractivity contribution is 6.09. The van der Waals surface area contributed by atoms with E-state index in [9.17, 15) is 4.79 Å². The molecule has 0 N–H and O–H groups in total. The molecule has 0 aliphatic rings. The number of hydrogen-bond acceptors (Lipinski definition) is 2. The molecule has 0 fully saturated rings. The standard InChI is InChI=1S/C17H14O2/c1-11-7-14-9-12-5-3-4-6-13(12)10-15(14)16(8-11)17(18)19-2/h3-10H,1-2H3. The van der Waals surface area contributed by atoms with Gasteiger partial charge in [0.15, 0.2) is 0 Å². The molecule has 3 aromatic rings. The molecule has 0 bridgehead atoms. The van der Waals surface area contributed by atoms with Crippen molar-refractivity contribution in [3.05, 3.63) is 59.7 Å². The highest BCUT2D eigenvalue weighted by atomic mass is 16.5. The minimum Gasteiger partial charge on any atom is -0.465 e. The maximum Gasteiger partial charge on any atom is 0.338 e. The molecule has 0 aliphatic heterocycles. The van der Waals surface area contributed by atoms with Crippen molar-refractivity contribution in [3.63, 3.8) is 0 Å². The Bertz CT molecular complexity index is 788. The Labute approximate surface area is 111 Å². The summed E-state index contributed by atoms with van der Waals surface area (Å²) in [5.74, 6) is -0.288. The summed E-state index contributed by atoms with van der Waals surface area (Å²) < 4.78 is 4.87. The number of hydrogen-bond donors (Lipinski definition) is 0. The van der Waals surface area contributed by atoms with Crippen LogP contribution in [0.5, 0.6) is 0 Å². The van der Waals surface area contributed by atoms with Gasteiger partial charge in [-0.2, -0.15) is 0 Å². The van der Waals surface area contributed by atoms with Crippen LogP contribution in [0.25, 0.3) is 21.5 Å². The normalized spacial score (nSPS) is 10.8. The predicted octanol–water partition coefficient (Wildman–Crippen LogP) is 4.09. The van der Waals surface area contributed by atoms with Gasteiger partial charge >= 0.3 is 5.97 Å². The average Bonchev–Trinajstić information content (AvgIpc) is 2.43. The van der Waals surface area contributed by atoms with E-state index in [1.807, 2.05) is 25.1 Å². The summed E-state index contributed by atoms with van der Waals surface area (Å²) in [7, 11) is 1.41. The largest absolute Gasteiger partial charge is 0.465 e. The maximum absolute atomic E-state index is 11.9. The Morgan fingerprint density at radius 2 is 1.63 bits per heavy atom. The van der Waals surface area contributed by atoms with E-state index >= 15 is 0 Å². The van der Waals surface area contributed by atoms with E-state index in [0.717, 1.165) is 21.7 Å². The Balaban J connectivity index is 2.43. The lowest BCUT2D eigenvalue weighted by Crippen LogP contribution is -2.02. The Morgan fingerprint density at radius 3 is 2.32 bits per heavy atom. The number of ether oxygens (including phenoxy) is 1. The number of aryl methyl sites for hydroxylation is 1. The van der Waals surface area contributed by atoms with E-state index in [0.29, 0.717) is 5.56 Å². The summed E-state index contributed by atoms with van der Waals surface area (Å²) in [6.45, 7) is 1.99. The first-order chi connectivity index (χ1) is 9.19. The van der Waals surface area contributed by atoms with Crippen LogP contribution in [-0.4, -0.2) is 13.1 Å². The van der Waals surface area contributed by atoms with Crippen LogP contribution in [0.3, 0.4) is 0 Å². The van der Waals surface area contributed by atoms with Gasteiger partial charge in [-0.25, -0.2) is 4.79 Å². The van der Waals surface area contributed by atoms with Gasteiger partial charge in [0.25, 0.3) is 0 Å². The molecule has 0 unspecified atom stereocenters. The SMILES string of the molecule is COC(=O)c1cc(C)cc2cc3ccccc3cc12. The number of esters is 1. The van der Waals surface area contributed by atoms with Gasteiger partial charge in [-0.15, -0.1) is 0 Å². The second-order valence-corrected chi connectivity index (χ2v) is 4.72. The average molecular weight is 250 g/mol. The first-order valence-corrected chi connectivity index (χ1v) is 6.20. The van der Waals surface area contributed by atoms with Crippen LogP contribution in [0.4, 0.5) is 0 Å². The number of benzene rings is 3. The van der Waals surface area contributed by atoms with Crippen molar-refractivity contribution in [3.8, 4) is 0 Å². The number of fused-ring (bicyclic) bond motifs is 2. The van der Waals surface area contributed by atoms with Gasteiger partial charge < -0.3 is 4.74 Å². The second-order valence-electron chi connectivity index (χ2n) is 4.72. The molecule has 3 rings (SSSR count). The van der Waals surface area contributed by atoms with E-state index in [-0.39, 0.29) is 5.97 Å². The first-order valence-electron chi connectivity index (χ1n) is 6.20. The number of carbonyl (C=O) groups is 1. The molecule has 3 aromatic carbocycles. The maximum atomic E-state index is 11.9. The summed E-state index contributed by atoms with van der Waals surface area (Å²) in [4.78, 5) is 11.9. The van der Waals surface area contributed by atoms with Gasteiger partial charge in [-0.05, 0) is 52.2 Å². The zero-order valence-corrected chi connectivity index (χ0v) is 10.9. The molecule has 0 aliphatic carbocycles. The molecule has 0 aromatic heterocycles. The molecule has 0 saturated carbocycles. The summed E-state index contributed by atoms with van der Waals surface area (Å²) in [5, 5.41) is 4.32. The smallest absolute Gasteiger partial charge is 0.338 e. The summed E-state index contributed by atoms with van der Waals surface area (Å²) in [6, 6.07) is 16.3. The Kier molecular flexibility index (Phi) is 2.71. The minimum atomic E-state index is -0.288. The molecule has 0 spiro atoms. The van der Waals surface area contributed by atoms with Crippen LogP contribution in [0.2, 0.25) is 0 Å². The summed E-state index contributed by atoms with van der Waals surface area (Å²) in [6.07, 6.45) is 0. The van der Waals surface area contributed by atoms with E-state index in [1.165, 1.54) is 12.5 Å². The van der Waals surface area contributed by atoms with Gasteiger partial charge in [0.1, 0.15) is 0 Å². The van der Waals surface area contributed by atoms with Gasteiger partial charge in [-0.3, -0.25) is 0 Å². The lowest BCUT2D eigenvalue weighted by molar-refractivity contribution is 0.0603. The molecular weight excluding hydrogens is 236 g/mol. The van der Waals surface area contributed by atoms with Crippen molar-refractivity contribution in [2.24, 2.45) is 0 Å². The van der Waals surface area contributed by atoms with Gasteiger partial charge in [-0.1, -0.05) is 30.3 Å². The van der Waals surface area contributed by atoms with Crippen molar-refractivity contribution < 1.29 is 9.53 Å². The Hall–Kier alpha value is -2.35. The first kappa shape index (κ1) is 11.7. The highest BCUT2D eigenvalue weighted by Gasteiger charge is 2.11. The van der Waals surface area contributed by atoms with E-state index in [4.69, 9.17) is 4.74 Å². The third kappa shape index (κ3) is 1.95. The molecule has 2 heteroatoms. The lowest BCUT2D eigenvalue weighted by atomic mass is 9.97. The van der Waals surface area contributed by atoms with E-state index in [2.05, 4.69) is 30.3 Å². The molecule has 2 nitrogen and oxygen atoms in total. The van der Waals surface area contributed by atoms with E-state index < -0.39 is 0 Å². The molecule has 0 saturated heterocycles. The highest BCUT2D eigenvalue weighted by Crippen LogP contribution is 2.27. The Morgan fingerprint density at radius 1 is 0.947 bits per heavy atom. The summed E-state index contributed by atoms with van der Waals surface area (Å²) >= 11 is 0. The minimum absolute atomic E-state index is 0.288. The van der Waals surface area contributed by atoms with Crippen LogP contribution < -0.4 is 0 Å². The van der Waals surface area contributed by atoms with Gasteiger partial charge in [0, 0.05) is 0 Å². The van der Waals surface area contributed by atoms with Crippen LogP contribution >= 0.6 is 0 Å². The van der Waals surface area contributed by atoms with Crippen molar-refractivity contribution in [1.29, 1.82) is 0 Å². The molecule has 0 heterocycles. The molecule has 0 atom stereocenters. The van der Waals surface area contributed by atoms with Crippen LogP contribution in [-0.2, 0) is 4.74 Å². The van der Waals surface area contributed by atoms with Crippen LogP contribution in [0, 0.1) is 6.92 Å². The molecular formula is C17H14O2. The zero-order chi connectivity index (χ0) is 13.4. The monoisotopic (exact) mass is 250 g/mol. The predicted molar refractivity (Wildman–Crippen MR) is 77.5 cm³/mol. The fourth-order valence-corrected chi connectivity index (χ4v) is 2.48. The van der Waals surface area contributed by atoms with Gasteiger partial charge in [0.2, 0.25) is 0 Å². The second kappa shape index (κ2) is 4.39. The third-order valence-corrected chi connectivity index (χ3v) is 3.37. The molecule has 0 radical (unpaired) electrons. The van der Waals surface area contributed by atoms with Crippen LogP contribution in [0.15, 0.2) is 48.5 Å². The number of methoxy groups -OCH3 is 1. The number of carbonyl (C=O) groups excluding carboxylic acids is 1. The third-order valence-electron chi connectivity index (χ3n) is 3.37. The van der Waals surface area contributed by atoms with Crippen molar-refractivity contribution in [2.45, 2.75) is 6.92 Å².